The van der Waals surface area contributed by atoms with E-state index in [2.05, 4.69) is 0 Å². The van der Waals surface area contributed by atoms with Crippen LogP contribution in [0.4, 0.5) is 0 Å². The van der Waals surface area contributed by atoms with Crippen LogP contribution in [0.25, 0.3) is 87.2 Å². The molecule has 198 valence electrons. The average molecular weight is 569 g/mol. The summed E-state index contributed by atoms with van der Waals surface area (Å²) in [4.78, 5) is 0. The third-order valence-corrected chi connectivity index (χ3v) is 7.51. The highest BCUT2D eigenvalue weighted by atomic mass is 16.5. The number of benzene rings is 9. The fourth-order valence-electron chi connectivity index (χ4n) is 5.67. The van der Waals surface area contributed by atoms with E-state index in [9.17, 15) is 12.3 Å². The Labute approximate surface area is 282 Å². The predicted molar refractivity (Wildman–Crippen MR) is 182 cm³/mol. The molecule has 0 bridgehead atoms. The molecule has 1 heteroatoms. The van der Waals surface area contributed by atoms with Crippen LogP contribution in [0.1, 0.15) is 32.9 Å². The van der Waals surface area contributed by atoms with Gasteiger partial charge in [0.1, 0.15) is 11.5 Å². The number of hydrogen-bond donors (Lipinski definition) is 0. The third kappa shape index (κ3) is 3.17. The van der Waals surface area contributed by atoms with Crippen LogP contribution in [-0.4, -0.2) is 0 Å². The van der Waals surface area contributed by atoms with Crippen molar-refractivity contribution in [1.29, 1.82) is 0 Å². The van der Waals surface area contributed by atoms with Crippen LogP contribution in [0.15, 0.2) is 145 Å². The smallest absolute Gasteiger partial charge is 0.135 e. The molecular weight excluding hydrogens is 520 g/mol. The summed E-state index contributed by atoms with van der Waals surface area (Å²) < 4.78 is 222. The molecular formula is C42H24O. The molecule has 0 radical (unpaired) electrons. The zero-order valence-corrected chi connectivity index (χ0v) is 21.4. The highest BCUT2D eigenvalue weighted by Crippen LogP contribution is 2.49. The minimum Gasteiger partial charge on any atom is -0.456 e. The quantitative estimate of drug-likeness (QED) is 0.188. The Balaban J connectivity index is 1.51. The van der Waals surface area contributed by atoms with E-state index in [0.29, 0.717) is 0 Å². The maximum Gasteiger partial charge on any atom is 0.135 e. The first-order chi connectivity index (χ1) is 31.3. The minimum atomic E-state index is -0.968. The molecule has 0 aromatic heterocycles. The van der Waals surface area contributed by atoms with Crippen LogP contribution in [0.3, 0.4) is 0 Å². The lowest BCUT2D eigenvalue weighted by Crippen LogP contribution is -1.98. The normalized spacial score (nSPS) is 20.2. The molecule has 43 heavy (non-hydrogen) atoms. The van der Waals surface area contributed by atoms with E-state index in [4.69, 9.17) is 25.3 Å². The van der Waals surface area contributed by atoms with Gasteiger partial charge in [-0.1, -0.05) is 121 Å². The van der Waals surface area contributed by atoms with Gasteiger partial charge in [-0.25, -0.2) is 0 Å². The number of para-hydroxylation sites is 1. The highest BCUT2D eigenvalue weighted by Gasteiger charge is 2.22. The maximum absolute atomic E-state index is 10.0. The molecule has 0 unspecified atom stereocenters. The maximum atomic E-state index is 10.0. The van der Waals surface area contributed by atoms with Gasteiger partial charge in [-0.2, -0.15) is 0 Å². The fraction of sp³-hybridized carbons (Fsp3) is 0. The Morgan fingerprint density at radius 1 is 0.349 bits per heavy atom. The van der Waals surface area contributed by atoms with Crippen LogP contribution >= 0.6 is 0 Å². The summed E-state index contributed by atoms with van der Waals surface area (Å²) in [6.07, 6.45) is 0. The van der Waals surface area contributed by atoms with Gasteiger partial charge in [0.15, 0.2) is 0 Å². The lowest BCUT2D eigenvalue weighted by atomic mass is 9.86. The van der Waals surface area contributed by atoms with Crippen LogP contribution in [0, 0.1) is 0 Å². The van der Waals surface area contributed by atoms with Crippen molar-refractivity contribution < 1.29 is 37.6 Å². The van der Waals surface area contributed by atoms with Gasteiger partial charge in [0, 0.05) is 10.9 Å². The number of ether oxygens (including phenoxy) is 1. The molecule has 9 aromatic rings. The molecule has 0 fully saturated rings. The van der Waals surface area contributed by atoms with Gasteiger partial charge >= 0.3 is 0 Å². The van der Waals surface area contributed by atoms with Crippen molar-refractivity contribution in [2.75, 3.05) is 0 Å². The van der Waals surface area contributed by atoms with Crippen LogP contribution in [-0.2, 0) is 0 Å². The van der Waals surface area contributed by atoms with Crippen molar-refractivity contribution in [2.24, 2.45) is 0 Å². The molecule has 0 aliphatic carbocycles. The molecule has 0 atom stereocenters. The average Bonchev–Trinajstić information content (AvgIpc) is 3.29. The summed E-state index contributed by atoms with van der Waals surface area (Å²) in [5.41, 5.74) is -3.67. The summed E-state index contributed by atoms with van der Waals surface area (Å²) in [5.74, 6) is -1.15. The van der Waals surface area contributed by atoms with E-state index >= 15 is 0 Å². The highest BCUT2D eigenvalue weighted by molar-refractivity contribution is 6.26. The lowest BCUT2D eigenvalue weighted by Gasteiger charge is -2.23. The monoisotopic (exact) mass is 568 g/mol. The van der Waals surface area contributed by atoms with E-state index < -0.39 is 233 Å². The Morgan fingerprint density at radius 2 is 1.00 bits per heavy atom. The molecule has 0 N–H and O–H groups in total. The van der Waals surface area contributed by atoms with Gasteiger partial charge in [0.25, 0.3) is 0 Å². The second kappa shape index (κ2) is 8.44. The van der Waals surface area contributed by atoms with Gasteiger partial charge in [-0.3, -0.25) is 0 Å². The Hall–Kier alpha value is -5.66. The fourth-order valence-corrected chi connectivity index (χ4v) is 5.67. The van der Waals surface area contributed by atoms with E-state index in [1.54, 1.807) is 0 Å². The van der Waals surface area contributed by atoms with Crippen molar-refractivity contribution in [2.45, 2.75) is 0 Å². The molecule has 0 saturated carbocycles. The molecule has 1 nitrogen and oxygen atoms in total. The number of fused-ring (bicyclic) bond motifs is 3. The van der Waals surface area contributed by atoms with Crippen LogP contribution < -0.4 is 4.74 Å². The van der Waals surface area contributed by atoms with Gasteiger partial charge < -0.3 is 4.74 Å². The second-order valence-corrected chi connectivity index (χ2v) is 9.76. The predicted octanol–water partition coefficient (Wildman–Crippen LogP) is 12.0. The summed E-state index contributed by atoms with van der Waals surface area (Å²) in [6, 6.07) is -19.5. The van der Waals surface area contributed by atoms with E-state index in [1.165, 1.54) is 0 Å². The lowest BCUT2D eigenvalue weighted by molar-refractivity contribution is 0.487. The molecule has 0 saturated heterocycles. The summed E-state index contributed by atoms with van der Waals surface area (Å²) in [7, 11) is 0. The van der Waals surface area contributed by atoms with Crippen LogP contribution in [0.5, 0.6) is 11.5 Å². The molecule has 1 heterocycles. The van der Waals surface area contributed by atoms with Crippen LogP contribution in [0.2, 0.25) is 0 Å². The molecule has 0 spiro atoms. The first kappa shape index (κ1) is 9.97. The van der Waals surface area contributed by atoms with Gasteiger partial charge in [0.05, 0.1) is 32.9 Å². The molecule has 0 amide bonds. The molecule has 10 rings (SSSR count). The molecule has 9 aromatic carbocycles. The Bertz CT molecular complexity index is 3910. The van der Waals surface area contributed by atoms with Gasteiger partial charge in [-0.15, -0.1) is 0 Å². The Morgan fingerprint density at radius 3 is 1.93 bits per heavy atom. The SMILES string of the molecule is [2H]c1c([2H])c([2H])c2c(c1[2H])Oc1c([2H])c([2H])c(-c3c([2H])c(-c4c([2H])c([2H])c5c([2H])c([2H])c6c([2H])c([2H])c([2H])c7c([2H])c([2H])c4c5c67)c([2H])c4c([2H])c([2H])c([2H])c([2H])c34)c3c([2H])c([2H])c([2H])c-2c13. The Kier molecular flexibility index (Phi) is 1.96. The summed E-state index contributed by atoms with van der Waals surface area (Å²) >= 11 is 0. The van der Waals surface area contributed by atoms with Crippen molar-refractivity contribution in [3.63, 3.8) is 0 Å². The molecule has 1 aliphatic rings. The van der Waals surface area contributed by atoms with Crippen molar-refractivity contribution in [3.8, 4) is 44.9 Å². The van der Waals surface area contributed by atoms with Crippen molar-refractivity contribution in [3.05, 3.63) is 145 Å². The zero-order valence-electron chi connectivity index (χ0n) is 45.4. The van der Waals surface area contributed by atoms with Gasteiger partial charge in [-0.05, 0) is 100 Å². The van der Waals surface area contributed by atoms with Crippen molar-refractivity contribution >= 4 is 53.9 Å². The number of rotatable bonds is 2. The van der Waals surface area contributed by atoms with E-state index in [-0.39, 0.29) is 10.8 Å². The second-order valence-electron chi connectivity index (χ2n) is 9.76. The van der Waals surface area contributed by atoms with Crippen molar-refractivity contribution in [1.82, 2.24) is 0 Å². The first-order valence-corrected chi connectivity index (χ1v) is 12.9. The van der Waals surface area contributed by atoms with E-state index in [1.807, 2.05) is 0 Å². The number of hydrogen-bond acceptors (Lipinski definition) is 1. The standard InChI is InChI=1S/C42H24O/c1-2-10-30-28(7-1)23-29(31-19-17-27-16-15-25-8-5-9-26-18-20-36(31)41(27)40(25)26)24-37(30)32-21-22-39-42-34(32)12-6-13-35(42)33-11-3-4-14-38(33)43-39/h1-24H/i1D,2D,3D,4D,5D,6D,7D,8D,9D,10D,11D,12D,13D,14D,15D,16D,17D,18D,19D,20D,21D,22D,23D,24D. The summed E-state index contributed by atoms with van der Waals surface area (Å²) in [6.45, 7) is 0. The van der Waals surface area contributed by atoms with Gasteiger partial charge in [0.2, 0.25) is 0 Å². The minimum absolute atomic E-state index is 0.268. The topological polar surface area (TPSA) is 9.23 Å². The first-order valence-electron chi connectivity index (χ1n) is 24.9. The largest absolute Gasteiger partial charge is 0.456 e. The molecule has 1 aliphatic heterocycles. The third-order valence-electron chi connectivity index (χ3n) is 7.51. The zero-order chi connectivity index (χ0) is 49.0. The summed E-state index contributed by atoms with van der Waals surface area (Å²) in [5, 5.41) is -4.59. The van der Waals surface area contributed by atoms with E-state index in [0.717, 1.165) is 0 Å².